The van der Waals surface area contributed by atoms with Crippen LogP contribution in [0.3, 0.4) is 0 Å². The predicted octanol–water partition coefficient (Wildman–Crippen LogP) is 5.86. The molecular formula is C27H19NO3. The third-order valence-corrected chi connectivity index (χ3v) is 5.29. The van der Waals surface area contributed by atoms with Crippen molar-refractivity contribution in [1.82, 2.24) is 0 Å². The van der Waals surface area contributed by atoms with E-state index < -0.39 is 5.97 Å². The zero-order valence-electron chi connectivity index (χ0n) is 16.9. The molecule has 0 fully saturated rings. The van der Waals surface area contributed by atoms with E-state index in [-0.39, 0.29) is 5.70 Å². The van der Waals surface area contributed by atoms with Gasteiger partial charge in [0.15, 0.2) is 5.70 Å². The first kappa shape index (κ1) is 18.8. The van der Waals surface area contributed by atoms with Crippen molar-refractivity contribution >= 4 is 28.7 Å². The molecule has 0 aliphatic carbocycles. The maximum Gasteiger partial charge on any atom is 0.363 e. The van der Waals surface area contributed by atoms with E-state index in [9.17, 15) is 4.79 Å². The maximum absolute atomic E-state index is 12.5. The van der Waals surface area contributed by atoms with Gasteiger partial charge in [-0.3, -0.25) is 0 Å². The summed E-state index contributed by atoms with van der Waals surface area (Å²) >= 11 is 0. The standard InChI is InChI=1S/C27H19NO3/c1-30-25-16-15-20-9-5-6-10-22(20)23(25)17-24-27(29)31-26(28-24)21-13-11-19(12-14-21)18-7-3-2-4-8-18/h2-17H,1H3/b24-17+. The van der Waals surface area contributed by atoms with Gasteiger partial charge in [-0.1, -0.05) is 72.8 Å². The average Bonchev–Trinajstić information content (AvgIpc) is 3.20. The van der Waals surface area contributed by atoms with Crippen molar-refractivity contribution in [3.8, 4) is 16.9 Å². The van der Waals surface area contributed by atoms with Gasteiger partial charge in [0, 0.05) is 11.1 Å². The largest absolute Gasteiger partial charge is 0.496 e. The van der Waals surface area contributed by atoms with Gasteiger partial charge in [-0.2, -0.15) is 0 Å². The van der Waals surface area contributed by atoms with E-state index in [0.717, 1.165) is 33.0 Å². The van der Waals surface area contributed by atoms with Crippen LogP contribution in [0.2, 0.25) is 0 Å². The number of carbonyl (C=O) groups is 1. The lowest BCUT2D eigenvalue weighted by Gasteiger charge is -2.08. The van der Waals surface area contributed by atoms with Crippen molar-refractivity contribution < 1.29 is 14.3 Å². The van der Waals surface area contributed by atoms with Crippen LogP contribution in [0.1, 0.15) is 11.1 Å². The highest BCUT2D eigenvalue weighted by Crippen LogP contribution is 2.31. The van der Waals surface area contributed by atoms with Gasteiger partial charge >= 0.3 is 5.97 Å². The SMILES string of the molecule is COc1ccc2ccccc2c1/C=C1/N=C(c2ccc(-c3ccccc3)cc2)OC1=O. The quantitative estimate of drug-likeness (QED) is 0.316. The Hall–Kier alpha value is -4.18. The molecule has 4 aromatic carbocycles. The molecule has 0 spiro atoms. The van der Waals surface area contributed by atoms with E-state index in [2.05, 4.69) is 17.1 Å². The van der Waals surface area contributed by atoms with E-state index in [4.69, 9.17) is 9.47 Å². The summed E-state index contributed by atoms with van der Waals surface area (Å²) in [5.74, 6) is 0.502. The summed E-state index contributed by atoms with van der Waals surface area (Å²) in [6, 6.07) is 29.8. The second kappa shape index (κ2) is 7.92. The van der Waals surface area contributed by atoms with Crippen molar-refractivity contribution in [1.29, 1.82) is 0 Å². The molecule has 4 heteroatoms. The van der Waals surface area contributed by atoms with E-state index >= 15 is 0 Å². The van der Waals surface area contributed by atoms with Crippen LogP contribution < -0.4 is 4.74 Å². The molecule has 0 bridgehead atoms. The number of aliphatic imine (C=N–C) groups is 1. The molecule has 1 aliphatic heterocycles. The fraction of sp³-hybridized carbons (Fsp3) is 0.0370. The monoisotopic (exact) mass is 405 g/mol. The Morgan fingerprint density at radius 2 is 1.45 bits per heavy atom. The van der Waals surface area contributed by atoms with Crippen molar-refractivity contribution in [2.24, 2.45) is 4.99 Å². The van der Waals surface area contributed by atoms with Crippen LogP contribution >= 0.6 is 0 Å². The summed E-state index contributed by atoms with van der Waals surface area (Å²) in [5.41, 5.74) is 4.02. The van der Waals surface area contributed by atoms with Gasteiger partial charge in [0.25, 0.3) is 0 Å². The van der Waals surface area contributed by atoms with Crippen LogP contribution in [0.4, 0.5) is 0 Å². The number of nitrogens with zero attached hydrogens (tertiary/aromatic N) is 1. The summed E-state index contributed by atoms with van der Waals surface area (Å²) in [6.07, 6.45) is 1.73. The lowest BCUT2D eigenvalue weighted by atomic mass is 10.0. The highest BCUT2D eigenvalue weighted by atomic mass is 16.6. The Kier molecular flexibility index (Phi) is 4.81. The fourth-order valence-corrected chi connectivity index (χ4v) is 3.71. The summed E-state index contributed by atoms with van der Waals surface area (Å²) in [6.45, 7) is 0. The molecule has 0 saturated heterocycles. The smallest absolute Gasteiger partial charge is 0.363 e. The molecule has 4 nitrogen and oxygen atoms in total. The van der Waals surface area contributed by atoms with Crippen molar-refractivity contribution in [3.05, 3.63) is 108 Å². The van der Waals surface area contributed by atoms with Gasteiger partial charge in [0.1, 0.15) is 5.75 Å². The molecule has 31 heavy (non-hydrogen) atoms. The predicted molar refractivity (Wildman–Crippen MR) is 123 cm³/mol. The summed E-state index contributed by atoms with van der Waals surface area (Å²) in [4.78, 5) is 17.0. The average molecular weight is 405 g/mol. The molecular weight excluding hydrogens is 386 g/mol. The maximum atomic E-state index is 12.5. The molecule has 1 heterocycles. The molecule has 5 rings (SSSR count). The first-order valence-corrected chi connectivity index (χ1v) is 9.97. The van der Waals surface area contributed by atoms with Gasteiger partial charge in [-0.05, 0) is 46.2 Å². The van der Waals surface area contributed by atoms with Crippen LogP contribution in [0.25, 0.3) is 28.0 Å². The Morgan fingerprint density at radius 1 is 0.774 bits per heavy atom. The molecule has 0 atom stereocenters. The Labute approximate surface area is 180 Å². The first-order chi connectivity index (χ1) is 15.2. The molecule has 0 amide bonds. The number of hydrogen-bond acceptors (Lipinski definition) is 4. The second-order valence-electron chi connectivity index (χ2n) is 7.18. The lowest BCUT2D eigenvalue weighted by Crippen LogP contribution is -2.05. The topological polar surface area (TPSA) is 47.9 Å². The van der Waals surface area contributed by atoms with Crippen molar-refractivity contribution in [2.45, 2.75) is 0 Å². The van der Waals surface area contributed by atoms with Crippen molar-refractivity contribution in [3.63, 3.8) is 0 Å². The van der Waals surface area contributed by atoms with Crippen LogP contribution in [-0.4, -0.2) is 19.0 Å². The highest BCUT2D eigenvalue weighted by molar-refractivity contribution is 6.13. The zero-order chi connectivity index (χ0) is 21.2. The second-order valence-corrected chi connectivity index (χ2v) is 7.18. The number of carbonyl (C=O) groups excluding carboxylic acids is 1. The van der Waals surface area contributed by atoms with Gasteiger partial charge in [-0.25, -0.2) is 9.79 Å². The van der Waals surface area contributed by atoms with Crippen LogP contribution in [0.5, 0.6) is 5.75 Å². The van der Waals surface area contributed by atoms with Crippen LogP contribution in [-0.2, 0) is 9.53 Å². The third kappa shape index (κ3) is 3.60. The minimum absolute atomic E-state index is 0.247. The molecule has 0 saturated carbocycles. The molecule has 1 aliphatic rings. The number of benzene rings is 4. The molecule has 4 aromatic rings. The summed E-state index contributed by atoms with van der Waals surface area (Å²) < 4.78 is 11.0. The fourth-order valence-electron chi connectivity index (χ4n) is 3.71. The minimum atomic E-state index is -0.475. The van der Waals surface area contributed by atoms with Gasteiger partial charge in [0.05, 0.1) is 7.11 Å². The number of esters is 1. The lowest BCUT2D eigenvalue weighted by molar-refractivity contribution is -0.129. The highest BCUT2D eigenvalue weighted by Gasteiger charge is 2.25. The van der Waals surface area contributed by atoms with Crippen molar-refractivity contribution in [2.75, 3.05) is 7.11 Å². The van der Waals surface area contributed by atoms with Gasteiger partial charge < -0.3 is 9.47 Å². The molecule has 0 aromatic heterocycles. The number of ether oxygens (including phenoxy) is 2. The summed E-state index contributed by atoms with van der Waals surface area (Å²) in [7, 11) is 1.61. The molecule has 0 N–H and O–H groups in total. The normalized spacial score (nSPS) is 14.5. The molecule has 0 radical (unpaired) electrons. The summed E-state index contributed by atoms with van der Waals surface area (Å²) in [5, 5.41) is 2.04. The van der Waals surface area contributed by atoms with E-state index in [1.54, 1.807) is 13.2 Å². The van der Waals surface area contributed by atoms with Gasteiger partial charge in [0.2, 0.25) is 5.90 Å². The number of cyclic esters (lactones) is 1. The minimum Gasteiger partial charge on any atom is -0.496 e. The first-order valence-electron chi connectivity index (χ1n) is 9.97. The van der Waals surface area contributed by atoms with Crippen LogP contribution in [0.15, 0.2) is 102 Å². The van der Waals surface area contributed by atoms with Gasteiger partial charge in [-0.15, -0.1) is 0 Å². The van der Waals surface area contributed by atoms with Crippen LogP contribution in [0, 0.1) is 0 Å². The van der Waals surface area contributed by atoms with E-state index in [0.29, 0.717) is 11.6 Å². The number of rotatable bonds is 4. The zero-order valence-corrected chi connectivity index (χ0v) is 16.9. The number of fused-ring (bicyclic) bond motifs is 1. The molecule has 150 valence electrons. The number of methoxy groups -OCH3 is 1. The Bertz CT molecular complexity index is 1340. The Morgan fingerprint density at radius 3 is 2.23 bits per heavy atom. The number of hydrogen-bond donors (Lipinski definition) is 0. The Balaban J connectivity index is 1.51. The third-order valence-electron chi connectivity index (χ3n) is 5.29. The van der Waals surface area contributed by atoms with E-state index in [1.165, 1.54) is 0 Å². The molecule has 0 unspecified atom stereocenters. The van der Waals surface area contributed by atoms with E-state index in [1.807, 2.05) is 78.9 Å².